The Hall–Kier alpha value is -4.50. The summed E-state index contributed by atoms with van der Waals surface area (Å²) in [5.41, 5.74) is 3.00. The number of carbonyl (C=O) groups excluding carboxylic acids is 3. The molecule has 3 N–H and O–H groups in total. The quantitative estimate of drug-likeness (QED) is 0.299. The number of benzene rings is 3. The van der Waals surface area contributed by atoms with Gasteiger partial charge < -0.3 is 39.9 Å². The summed E-state index contributed by atoms with van der Waals surface area (Å²) in [6.07, 6.45) is -4.89. The number of amides is 3. The van der Waals surface area contributed by atoms with Crippen molar-refractivity contribution >= 4 is 29.1 Å². The highest BCUT2D eigenvalue weighted by molar-refractivity contribution is 5.98. The van der Waals surface area contributed by atoms with Gasteiger partial charge in [-0.3, -0.25) is 14.4 Å². The van der Waals surface area contributed by atoms with Crippen LogP contribution in [0.4, 0.5) is 24.5 Å². The standard InChI is InChI=1S/C39H44F3N5O6/c1-25-32(22-45-19-16-38(17-20-45)36(50)43-24-47(38)30-9-3-2-4-10-30)52-35(53-33(25)27-14-12-26(23-48)13-15-27)28-7-5-8-29(21-28)44-34(49)31-11-6-18-46(31)37(51)39(40,41)42/h2-5,7-10,12-15,21,25,31-33,35,48H,6,11,16-20,22-24H2,1H3,(H,43,50)(H,44,49). The Morgan fingerprint density at radius 2 is 1.70 bits per heavy atom. The van der Waals surface area contributed by atoms with Gasteiger partial charge in [0, 0.05) is 49.0 Å². The molecule has 4 saturated heterocycles. The maximum absolute atomic E-state index is 13.3. The van der Waals surface area contributed by atoms with Gasteiger partial charge in [-0.25, -0.2) is 0 Å². The van der Waals surface area contributed by atoms with E-state index in [1.807, 2.05) is 54.6 Å². The Balaban J connectivity index is 1.08. The van der Waals surface area contributed by atoms with Crippen molar-refractivity contribution in [2.24, 2.45) is 5.92 Å². The molecule has 0 aromatic heterocycles. The zero-order chi connectivity index (χ0) is 37.3. The Morgan fingerprint density at radius 1 is 0.962 bits per heavy atom. The average molecular weight is 736 g/mol. The van der Waals surface area contributed by atoms with Crippen LogP contribution in [-0.4, -0.2) is 89.3 Å². The molecular formula is C39H44F3N5O6. The van der Waals surface area contributed by atoms with E-state index >= 15 is 0 Å². The third kappa shape index (κ3) is 7.50. The summed E-state index contributed by atoms with van der Waals surface area (Å²) in [5.74, 6) is -2.77. The van der Waals surface area contributed by atoms with E-state index in [1.165, 1.54) is 0 Å². The van der Waals surface area contributed by atoms with Crippen LogP contribution in [0.1, 0.15) is 61.7 Å². The molecule has 11 nitrogen and oxygen atoms in total. The lowest BCUT2D eigenvalue weighted by Gasteiger charge is -2.46. The van der Waals surface area contributed by atoms with Crippen LogP contribution in [0.15, 0.2) is 78.9 Å². The first-order valence-electron chi connectivity index (χ1n) is 18.1. The second-order valence-electron chi connectivity index (χ2n) is 14.4. The summed E-state index contributed by atoms with van der Waals surface area (Å²) >= 11 is 0. The number of para-hydroxylation sites is 1. The van der Waals surface area contributed by atoms with Crippen LogP contribution < -0.4 is 15.5 Å². The molecule has 3 aromatic carbocycles. The van der Waals surface area contributed by atoms with Gasteiger partial charge in [-0.1, -0.05) is 61.5 Å². The summed E-state index contributed by atoms with van der Waals surface area (Å²) in [6.45, 7) is 4.25. The number of halogens is 3. The summed E-state index contributed by atoms with van der Waals surface area (Å²) in [7, 11) is 0. The summed E-state index contributed by atoms with van der Waals surface area (Å²) < 4.78 is 52.9. The first-order valence-corrected chi connectivity index (χ1v) is 18.1. The first kappa shape index (κ1) is 36.8. The van der Waals surface area contributed by atoms with Crippen molar-refractivity contribution in [1.29, 1.82) is 0 Å². The number of alkyl halides is 3. The number of aliphatic hydroxyl groups is 1. The van der Waals surface area contributed by atoms with E-state index in [2.05, 4.69) is 27.4 Å². The van der Waals surface area contributed by atoms with Crippen LogP contribution in [0.2, 0.25) is 0 Å². The van der Waals surface area contributed by atoms with Gasteiger partial charge in [-0.2, -0.15) is 13.2 Å². The van der Waals surface area contributed by atoms with Crippen LogP contribution in [0.3, 0.4) is 0 Å². The number of piperidine rings is 1. The molecule has 1 spiro atoms. The van der Waals surface area contributed by atoms with E-state index in [0.29, 0.717) is 61.7 Å². The smallest absolute Gasteiger partial charge is 0.392 e. The number of nitrogens with zero attached hydrogens (tertiary/aromatic N) is 3. The largest absolute Gasteiger partial charge is 0.471 e. The summed E-state index contributed by atoms with van der Waals surface area (Å²) in [5, 5.41) is 15.4. The van der Waals surface area contributed by atoms with Crippen molar-refractivity contribution in [2.75, 3.05) is 43.1 Å². The minimum Gasteiger partial charge on any atom is -0.392 e. The van der Waals surface area contributed by atoms with Gasteiger partial charge in [0.2, 0.25) is 11.8 Å². The molecule has 4 aliphatic rings. The van der Waals surface area contributed by atoms with Crippen LogP contribution in [0.5, 0.6) is 0 Å². The molecule has 7 rings (SSSR count). The number of carbonyl (C=O) groups is 3. The number of aliphatic hydroxyl groups excluding tert-OH is 1. The predicted octanol–water partition coefficient (Wildman–Crippen LogP) is 4.89. The van der Waals surface area contributed by atoms with Crippen LogP contribution >= 0.6 is 0 Å². The normalized spacial score (nSPS) is 26.1. The Morgan fingerprint density at radius 3 is 2.40 bits per heavy atom. The zero-order valence-corrected chi connectivity index (χ0v) is 29.4. The third-order valence-corrected chi connectivity index (χ3v) is 11.1. The topological polar surface area (TPSA) is 124 Å². The third-order valence-electron chi connectivity index (χ3n) is 11.1. The highest BCUT2D eigenvalue weighted by Crippen LogP contribution is 2.43. The fourth-order valence-electron chi connectivity index (χ4n) is 8.15. The van der Waals surface area contributed by atoms with E-state index in [0.717, 1.165) is 16.8 Å². The maximum atomic E-state index is 13.3. The molecule has 4 heterocycles. The van der Waals surface area contributed by atoms with Crippen molar-refractivity contribution < 1.29 is 42.1 Å². The zero-order valence-electron chi connectivity index (χ0n) is 29.4. The lowest BCUT2D eigenvalue weighted by Crippen LogP contribution is -2.57. The molecule has 3 aromatic rings. The van der Waals surface area contributed by atoms with Gasteiger partial charge in [0.25, 0.3) is 0 Å². The Bertz CT molecular complexity index is 1790. The number of rotatable bonds is 8. The number of ether oxygens (including phenoxy) is 2. The van der Waals surface area contributed by atoms with E-state index in [9.17, 15) is 32.7 Å². The van der Waals surface area contributed by atoms with E-state index < -0.39 is 42.0 Å². The Kier molecular flexibility index (Phi) is 10.5. The van der Waals surface area contributed by atoms with Crippen LogP contribution in [0, 0.1) is 5.92 Å². The molecular weight excluding hydrogens is 691 g/mol. The summed E-state index contributed by atoms with van der Waals surface area (Å²) in [4.78, 5) is 43.5. The van der Waals surface area contributed by atoms with Gasteiger partial charge >= 0.3 is 12.1 Å². The monoisotopic (exact) mass is 735 g/mol. The second-order valence-corrected chi connectivity index (χ2v) is 14.4. The van der Waals surface area contributed by atoms with Crippen molar-refractivity contribution in [3.05, 3.63) is 95.6 Å². The molecule has 14 heteroatoms. The van der Waals surface area contributed by atoms with Crippen molar-refractivity contribution in [2.45, 2.75) is 75.5 Å². The second kappa shape index (κ2) is 15.1. The fraction of sp³-hybridized carbons (Fsp3) is 0.462. The minimum atomic E-state index is -5.07. The van der Waals surface area contributed by atoms with Gasteiger partial charge in [-0.15, -0.1) is 0 Å². The van der Waals surface area contributed by atoms with Crippen LogP contribution in [-0.2, 0) is 30.5 Å². The minimum absolute atomic E-state index is 0.0442. The number of anilines is 2. The lowest BCUT2D eigenvalue weighted by atomic mass is 9.84. The molecule has 0 bridgehead atoms. The summed E-state index contributed by atoms with van der Waals surface area (Å²) in [6, 6.07) is 23.1. The molecule has 5 atom stereocenters. The number of likely N-dealkylation sites (tertiary alicyclic amines) is 2. The van der Waals surface area contributed by atoms with Gasteiger partial charge in [0.05, 0.1) is 25.5 Å². The molecule has 4 fully saturated rings. The predicted molar refractivity (Wildman–Crippen MR) is 189 cm³/mol. The van der Waals surface area contributed by atoms with Crippen molar-refractivity contribution in [3.8, 4) is 0 Å². The van der Waals surface area contributed by atoms with Gasteiger partial charge in [0.1, 0.15) is 11.6 Å². The van der Waals surface area contributed by atoms with E-state index in [4.69, 9.17) is 9.47 Å². The fourth-order valence-corrected chi connectivity index (χ4v) is 8.15. The van der Waals surface area contributed by atoms with Gasteiger partial charge in [-0.05, 0) is 61.1 Å². The molecule has 0 radical (unpaired) electrons. The molecule has 4 aliphatic heterocycles. The number of nitrogens with one attached hydrogen (secondary N) is 2. The highest BCUT2D eigenvalue weighted by Gasteiger charge is 2.51. The SMILES string of the molecule is CC1C(CN2CCC3(CC2)C(=O)NCN3c2ccccc2)OC(c2cccc(NC(=O)C3CCCN3C(=O)C(F)(F)F)c2)OC1c1ccc(CO)cc1. The van der Waals surface area contributed by atoms with E-state index in [-0.39, 0.29) is 37.5 Å². The molecule has 3 amide bonds. The number of hydrogen-bond acceptors (Lipinski definition) is 8. The number of hydrogen-bond donors (Lipinski definition) is 3. The molecule has 0 aliphatic carbocycles. The highest BCUT2D eigenvalue weighted by atomic mass is 19.4. The molecule has 53 heavy (non-hydrogen) atoms. The van der Waals surface area contributed by atoms with E-state index in [1.54, 1.807) is 24.3 Å². The van der Waals surface area contributed by atoms with Crippen LogP contribution in [0.25, 0.3) is 0 Å². The van der Waals surface area contributed by atoms with Crippen molar-refractivity contribution in [3.63, 3.8) is 0 Å². The maximum Gasteiger partial charge on any atom is 0.471 e. The van der Waals surface area contributed by atoms with Crippen molar-refractivity contribution in [1.82, 2.24) is 15.1 Å². The molecule has 0 saturated carbocycles. The molecule has 282 valence electrons. The Labute approximate surface area is 306 Å². The molecule has 5 unspecified atom stereocenters. The lowest BCUT2D eigenvalue weighted by molar-refractivity contribution is -0.276. The average Bonchev–Trinajstić information content (AvgIpc) is 3.78. The van der Waals surface area contributed by atoms with Gasteiger partial charge in [0.15, 0.2) is 6.29 Å². The first-order chi connectivity index (χ1) is 25.5.